The maximum atomic E-state index is 7.82. The SMILES string of the molecule is C[CH-]CO.[U+2].[c-]1ccccc1. The molecule has 0 bridgehead atoms. The average molecular weight is 374 g/mol. The molecule has 1 N–H and O–H groups in total. The van der Waals surface area contributed by atoms with E-state index in [1.165, 1.54) is 0 Å². The van der Waals surface area contributed by atoms with Gasteiger partial charge in [-0.15, -0.1) is 0 Å². The van der Waals surface area contributed by atoms with Crippen LogP contribution in [0.5, 0.6) is 0 Å². The first-order chi connectivity index (χ1) is 4.91. The van der Waals surface area contributed by atoms with Crippen LogP contribution in [0.4, 0.5) is 0 Å². The van der Waals surface area contributed by atoms with Crippen molar-refractivity contribution < 1.29 is 36.2 Å². The number of benzene rings is 1. The molecular formula is C9H12OU. The van der Waals surface area contributed by atoms with Crippen molar-refractivity contribution in [3.05, 3.63) is 42.8 Å². The van der Waals surface area contributed by atoms with Crippen LogP contribution in [0.2, 0.25) is 0 Å². The number of hydrogen-bond donors (Lipinski definition) is 1. The molecule has 58 valence electrons. The minimum atomic E-state index is 0. The normalized spacial score (nSPS) is 7.09. The van der Waals surface area contributed by atoms with Gasteiger partial charge in [0.15, 0.2) is 0 Å². The van der Waals surface area contributed by atoms with Gasteiger partial charge in [-0.2, -0.15) is 43.3 Å². The van der Waals surface area contributed by atoms with E-state index in [1.54, 1.807) is 13.3 Å². The second-order valence-corrected chi connectivity index (χ2v) is 1.67. The number of rotatable bonds is 1. The Balaban J connectivity index is 0. The molecule has 1 aromatic carbocycles. The van der Waals surface area contributed by atoms with Crippen LogP contribution in [0, 0.1) is 43.6 Å². The molecule has 11 heavy (non-hydrogen) atoms. The van der Waals surface area contributed by atoms with Crippen LogP contribution in [0.15, 0.2) is 30.3 Å². The van der Waals surface area contributed by atoms with Gasteiger partial charge in [-0.05, 0) is 0 Å². The van der Waals surface area contributed by atoms with Crippen molar-refractivity contribution >= 4 is 0 Å². The maximum absolute atomic E-state index is 7.82. The summed E-state index contributed by atoms with van der Waals surface area (Å²) < 4.78 is 0. The largest absolute Gasteiger partial charge is 2.00 e. The molecule has 1 aromatic rings. The van der Waals surface area contributed by atoms with Crippen molar-refractivity contribution in [2.24, 2.45) is 0 Å². The van der Waals surface area contributed by atoms with Crippen molar-refractivity contribution in [2.45, 2.75) is 6.92 Å². The Hall–Kier alpha value is 0.232. The molecule has 0 amide bonds. The zero-order valence-corrected chi connectivity index (χ0v) is 10.8. The minimum absolute atomic E-state index is 0. The molecule has 0 spiro atoms. The van der Waals surface area contributed by atoms with E-state index in [0.29, 0.717) is 0 Å². The molecule has 0 radical (unpaired) electrons. The molecule has 1 rings (SSSR count). The molecule has 0 saturated heterocycles. The topological polar surface area (TPSA) is 20.2 Å². The van der Waals surface area contributed by atoms with E-state index in [9.17, 15) is 0 Å². The molecule has 0 aromatic heterocycles. The van der Waals surface area contributed by atoms with Gasteiger partial charge in [0.1, 0.15) is 0 Å². The van der Waals surface area contributed by atoms with E-state index in [0.717, 1.165) is 0 Å². The van der Waals surface area contributed by atoms with Crippen LogP contribution in [-0.4, -0.2) is 11.7 Å². The van der Waals surface area contributed by atoms with E-state index < -0.39 is 0 Å². The first-order valence-electron chi connectivity index (χ1n) is 3.21. The summed E-state index contributed by atoms with van der Waals surface area (Å²) in [6.45, 7) is 2.00. The van der Waals surface area contributed by atoms with Gasteiger partial charge in [0.2, 0.25) is 0 Å². The summed E-state index contributed by atoms with van der Waals surface area (Å²) in [6.07, 6.45) is 1.68. The Morgan fingerprint density at radius 3 is 1.82 bits per heavy atom. The number of aliphatic hydroxyl groups excluding tert-OH is 1. The van der Waals surface area contributed by atoms with Crippen LogP contribution in [0.1, 0.15) is 6.92 Å². The predicted molar refractivity (Wildman–Crippen MR) is 42.3 cm³/mol. The third-order valence-corrected chi connectivity index (χ3v) is 0.790. The second kappa shape index (κ2) is 12.9. The molecule has 0 aliphatic heterocycles. The first kappa shape index (κ1) is 13.8. The summed E-state index contributed by atoms with van der Waals surface area (Å²) in [4.78, 5) is 0. The summed E-state index contributed by atoms with van der Waals surface area (Å²) >= 11 is 0. The van der Waals surface area contributed by atoms with Gasteiger partial charge in [-0.1, -0.05) is 6.61 Å². The van der Waals surface area contributed by atoms with Gasteiger partial charge >= 0.3 is 31.1 Å². The van der Waals surface area contributed by atoms with Crippen LogP contribution in [0.3, 0.4) is 0 Å². The zero-order valence-electron chi connectivity index (χ0n) is 6.62. The Morgan fingerprint density at radius 1 is 1.27 bits per heavy atom. The third kappa shape index (κ3) is 13.3. The van der Waals surface area contributed by atoms with Crippen LogP contribution >= 0.6 is 0 Å². The Labute approximate surface area is 92.2 Å². The molecule has 0 aliphatic rings. The van der Waals surface area contributed by atoms with Gasteiger partial charge in [0.25, 0.3) is 0 Å². The van der Waals surface area contributed by atoms with Crippen molar-refractivity contribution in [3.8, 4) is 0 Å². The standard InChI is InChI=1S/C6H5.C3H7O.U/c1-2-4-6-5-3-1;1-2-3-4;/h1-5H;2,4H,3H2,1H3;/q2*-1;+2. The summed E-state index contributed by atoms with van der Waals surface area (Å²) in [5.74, 6) is 0. The summed E-state index contributed by atoms with van der Waals surface area (Å²) in [5.41, 5.74) is 0. The monoisotopic (exact) mass is 374 g/mol. The van der Waals surface area contributed by atoms with Crippen LogP contribution < -0.4 is 0 Å². The summed E-state index contributed by atoms with van der Waals surface area (Å²) in [5, 5.41) is 7.82. The van der Waals surface area contributed by atoms with Crippen LogP contribution in [0.25, 0.3) is 0 Å². The fourth-order valence-electron chi connectivity index (χ4n) is 0.342. The third-order valence-electron chi connectivity index (χ3n) is 0.790. The molecule has 0 unspecified atom stereocenters. The van der Waals surface area contributed by atoms with E-state index in [4.69, 9.17) is 5.11 Å². The van der Waals surface area contributed by atoms with Crippen LogP contribution in [-0.2, 0) is 0 Å². The Bertz CT molecular complexity index is 102. The molecule has 1 nitrogen and oxygen atoms in total. The van der Waals surface area contributed by atoms with E-state index >= 15 is 0 Å². The number of hydrogen-bond acceptors (Lipinski definition) is 1. The molecule has 0 saturated carbocycles. The summed E-state index contributed by atoms with van der Waals surface area (Å²) in [7, 11) is 0. The fourth-order valence-corrected chi connectivity index (χ4v) is 0.342. The molecule has 0 fully saturated rings. The quantitative estimate of drug-likeness (QED) is 0.742. The minimum Gasteiger partial charge on any atom is -0.428 e. The predicted octanol–water partition coefficient (Wildman–Crippen LogP) is 1.69. The van der Waals surface area contributed by atoms with Gasteiger partial charge in [-0.3, -0.25) is 0 Å². The first-order valence-corrected chi connectivity index (χ1v) is 3.21. The van der Waals surface area contributed by atoms with Crippen molar-refractivity contribution in [3.63, 3.8) is 0 Å². The maximum Gasteiger partial charge on any atom is 2.00 e. The van der Waals surface area contributed by atoms with Crippen molar-refractivity contribution in [2.75, 3.05) is 6.61 Å². The Kier molecular flexibility index (Phi) is 16.1. The molecule has 0 aliphatic carbocycles. The molecule has 0 atom stereocenters. The van der Waals surface area contributed by atoms with Gasteiger partial charge in [0, 0.05) is 0 Å². The van der Waals surface area contributed by atoms with E-state index in [1.807, 2.05) is 30.3 Å². The molecular weight excluding hydrogens is 362 g/mol. The second-order valence-electron chi connectivity index (χ2n) is 1.67. The van der Waals surface area contributed by atoms with E-state index in [-0.39, 0.29) is 37.7 Å². The Morgan fingerprint density at radius 2 is 1.73 bits per heavy atom. The molecule has 2 heteroatoms. The van der Waals surface area contributed by atoms with Crippen molar-refractivity contribution in [1.82, 2.24) is 0 Å². The number of aliphatic hydroxyl groups is 1. The van der Waals surface area contributed by atoms with Gasteiger partial charge in [-0.25, -0.2) is 0 Å². The van der Waals surface area contributed by atoms with E-state index in [2.05, 4.69) is 6.07 Å². The average Bonchev–Trinajstić information content (AvgIpc) is 2.08. The zero-order chi connectivity index (χ0) is 7.66. The van der Waals surface area contributed by atoms with Gasteiger partial charge < -0.3 is 11.5 Å². The van der Waals surface area contributed by atoms with Crippen molar-refractivity contribution in [1.29, 1.82) is 0 Å². The summed E-state index contributed by atoms with van der Waals surface area (Å²) in [6, 6.07) is 12.5. The smallest absolute Gasteiger partial charge is 0.428 e. The molecule has 0 heterocycles. The van der Waals surface area contributed by atoms with Gasteiger partial charge in [0.05, 0.1) is 0 Å². The fraction of sp³-hybridized carbons (Fsp3) is 0.222.